The van der Waals surface area contributed by atoms with Crippen molar-refractivity contribution in [1.82, 2.24) is 0 Å². The molecular weight excluding hydrogens is 431 g/mol. The second kappa shape index (κ2) is 11.4. The number of methoxy groups -OCH3 is 2. The molecular formula is C22H25NaO9. The average molecular weight is 456 g/mol. The van der Waals surface area contributed by atoms with Crippen molar-refractivity contribution >= 4 is 5.97 Å². The molecule has 4 N–H and O–H groups in total. The molecule has 1 fully saturated rings. The van der Waals surface area contributed by atoms with Crippen LogP contribution in [0.2, 0.25) is 0 Å². The Morgan fingerprint density at radius 1 is 1.00 bits per heavy atom. The number of carbonyl (C=O) groups excluding carboxylic acids is 1. The minimum atomic E-state index is -1.55. The first kappa shape index (κ1) is 26.6. The van der Waals surface area contributed by atoms with Crippen molar-refractivity contribution in [3.63, 3.8) is 0 Å². The summed E-state index contributed by atoms with van der Waals surface area (Å²) in [6, 6.07) is 9.58. The molecule has 0 amide bonds. The number of carbonyl (C=O) groups is 1. The Bertz CT molecular complexity index is 934. The molecule has 32 heavy (non-hydrogen) atoms. The van der Waals surface area contributed by atoms with Gasteiger partial charge in [-0.25, -0.2) is 0 Å². The van der Waals surface area contributed by atoms with Crippen LogP contribution >= 0.6 is 0 Å². The van der Waals surface area contributed by atoms with Crippen molar-refractivity contribution in [1.29, 1.82) is 0 Å². The third kappa shape index (κ3) is 5.27. The van der Waals surface area contributed by atoms with E-state index in [2.05, 4.69) is 0 Å². The van der Waals surface area contributed by atoms with E-state index in [-0.39, 0.29) is 47.3 Å². The molecule has 1 heterocycles. The van der Waals surface area contributed by atoms with E-state index in [1.807, 2.05) is 0 Å². The van der Waals surface area contributed by atoms with Crippen LogP contribution in [0.4, 0.5) is 0 Å². The summed E-state index contributed by atoms with van der Waals surface area (Å²) >= 11 is 0. The van der Waals surface area contributed by atoms with Gasteiger partial charge in [0.25, 0.3) is 0 Å². The number of carboxylic acids is 1. The molecule has 0 bridgehead atoms. The molecule has 2 aromatic rings. The van der Waals surface area contributed by atoms with Gasteiger partial charge in [-0.3, -0.25) is 0 Å². The van der Waals surface area contributed by atoms with E-state index < -0.39 is 43.1 Å². The number of aromatic carboxylic acids is 1. The van der Waals surface area contributed by atoms with Gasteiger partial charge in [0, 0.05) is 23.6 Å². The third-order valence-corrected chi connectivity index (χ3v) is 5.45. The van der Waals surface area contributed by atoms with Gasteiger partial charge in [-0.05, 0) is 17.2 Å². The van der Waals surface area contributed by atoms with Gasteiger partial charge >= 0.3 is 29.6 Å². The van der Waals surface area contributed by atoms with Gasteiger partial charge in [-0.2, -0.15) is 0 Å². The minimum Gasteiger partial charge on any atom is -0.545 e. The number of ether oxygens (including phenoxy) is 3. The van der Waals surface area contributed by atoms with Gasteiger partial charge in [0.15, 0.2) is 0 Å². The molecule has 0 aromatic heterocycles. The van der Waals surface area contributed by atoms with Gasteiger partial charge < -0.3 is 44.5 Å². The summed E-state index contributed by atoms with van der Waals surface area (Å²) in [6.07, 6.45) is -6.57. The van der Waals surface area contributed by atoms with Crippen molar-refractivity contribution in [3.8, 4) is 11.5 Å². The van der Waals surface area contributed by atoms with Crippen LogP contribution in [0, 0.1) is 0 Å². The van der Waals surface area contributed by atoms with E-state index in [1.165, 1.54) is 20.3 Å². The molecule has 0 unspecified atom stereocenters. The summed E-state index contributed by atoms with van der Waals surface area (Å²) < 4.78 is 16.5. The summed E-state index contributed by atoms with van der Waals surface area (Å²) in [5, 5.41) is 51.7. The summed E-state index contributed by atoms with van der Waals surface area (Å²) in [4.78, 5) is 11.5. The van der Waals surface area contributed by atoms with Crippen molar-refractivity contribution in [2.45, 2.75) is 36.9 Å². The smallest absolute Gasteiger partial charge is 0.545 e. The Labute approximate surface area is 207 Å². The molecule has 0 spiro atoms. The molecule has 3 rings (SSSR count). The Hall–Kier alpha value is -1.69. The number of aliphatic hydroxyl groups is 4. The maximum absolute atomic E-state index is 11.5. The first-order valence-corrected chi connectivity index (χ1v) is 9.66. The summed E-state index contributed by atoms with van der Waals surface area (Å²) in [6.45, 7) is -0.564. The number of benzene rings is 2. The molecule has 5 atom stereocenters. The molecule has 2 aromatic carbocycles. The fourth-order valence-corrected chi connectivity index (χ4v) is 3.79. The molecule has 10 heteroatoms. The minimum absolute atomic E-state index is 0. The Kier molecular flexibility index (Phi) is 9.50. The number of rotatable bonds is 7. The normalized spacial score (nSPS) is 25.0. The van der Waals surface area contributed by atoms with E-state index >= 15 is 0 Å². The predicted molar refractivity (Wildman–Crippen MR) is 106 cm³/mol. The number of aliphatic hydroxyl groups excluding tert-OH is 4. The zero-order chi connectivity index (χ0) is 22.7. The van der Waals surface area contributed by atoms with Crippen LogP contribution in [0.1, 0.15) is 33.2 Å². The zero-order valence-electron chi connectivity index (χ0n) is 18.1. The van der Waals surface area contributed by atoms with Crippen LogP contribution < -0.4 is 44.1 Å². The SMILES string of the molecule is COc1cc(OC)c([C@@H]2O[C@H](CO)[C@H](O)[C@H](O)[C@H]2O)cc1Cc1ccccc1C(=O)[O-].[Na+]. The van der Waals surface area contributed by atoms with E-state index in [0.29, 0.717) is 22.4 Å². The second-order valence-corrected chi connectivity index (χ2v) is 7.28. The fraction of sp³-hybridized carbons (Fsp3) is 0.409. The van der Waals surface area contributed by atoms with Crippen molar-refractivity contribution < 1.29 is 74.1 Å². The first-order valence-electron chi connectivity index (χ1n) is 9.66. The van der Waals surface area contributed by atoms with Crippen molar-refractivity contribution in [2.24, 2.45) is 0 Å². The predicted octanol–water partition coefficient (Wildman–Crippen LogP) is -3.82. The summed E-state index contributed by atoms with van der Waals surface area (Å²) in [7, 11) is 2.86. The van der Waals surface area contributed by atoms with Gasteiger partial charge in [0.05, 0.1) is 26.8 Å². The molecule has 168 valence electrons. The molecule has 0 saturated carbocycles. The fourth-order valence-electron chi connectivity index (χ4n) is 3.79. The molecule has 9 nitrogen and oxygen atoms in total. The Balaban J connectivity index is 0.00000363. The van der Waals surface area contributed by atoms with Crippen LogP contribution in [0.3, 0.4) is 0 Å². The monoisotopic (exact) mass is 456 g/mol. The van der Waals surface area contributed by atoms with E-state index in [9.17, 15) is 30.3 Å². The van der Waals surface area contributed by atoms with Crippen LogP contribution in [-0.4, -0.2) is 71.6 Å². The van der Waals surface area contributed by atoms with Crippen molar-refractivity contribution in [2.75, 3.05) is 20.8 Å². The van der Waals surface area contributed by atoms with Crippen LogP contribution in [0.25, 0.3) is 0 Å². The Morgan fingerprint density at radius 3 is 2.25 bits per heavy atom. The first-order chi connectivity index (χ1) is 14.8. The second-order valence-electron chi connectivity index (χ2n) is 7.28. The maximum atomic E-state index is 11.5. The van der Waals surface area contributed by atoms with Crippen LogP contribution in [0.15, 0.2) is 36.4 Å². The quantitative estimate of drug-likeness (QED) is 0.308. The summed E-state index contributed by atoms with van der Waals surface area (Å²) in [5.41, 5.74) is 1.45. The molecule has 0 radical (unpaired) electrons. The topological polar surface area (TPSA) is 149 Å². The average Bonchev–Trinajstić information content (AvgIpc) is 2.77. The van der Waals surface area contributed by atoms with E-state index in [0.717, 1.165) is 0 Å². The molecule has 0 aliphatic carbocycles. The maximum Gasteiger partial charge on any atom is 1.00 e. The Morgan fingerprint density at radius 2 is 1.66 bits per heavy atom. The van der Waals surface area contributed by atoms with E-state index in [4.69, 9.17) is 14.2 Å². The number of hydrogen-bond acceptors (Lipinski definition) is 9. The van der Waals surface area contributed by atoms with Crippen LogP contribution in [-0.2, 0) is 11.2 Å². The van der Waals surface area contributed by atoms with Gasteiger partial charge in [0.1, 0.15) is 42.0 Å². The zero-order valence-corrected chi connectivity index (χ0v) is 20.1. The molecule has 1 saturated heterocycles. The largest absolute Gasteiger partial charge is 1.00 e. The number of hydrogen-bond donors (Lipinski definition) is 4. The van der Waals surface area contributed by atoms with Gasteiger partial charge in [-0.15, -0.1) is 0 Å². The van der Waals surface area contributed by atoms with Gasteiger partial charge in [-0.1, -0.05) is 24.3 Å². The number of carboxylic acid groups (broad SMARTS) is 1. The van der Waals surface area contributed by atoms with Crippen molar-refractivity contribution in [3.05, 3.63) is 58.7 Å². The standard InChI is InChI=1S/C22H26O9.Na/c1-29-15-9-16(30-2)14(21-20(26)19(25)18(24)17(10-23)31-21)8-12(15)7-11-5-3-4-6-13(11)22(27)28;/h3-6,8-9,17-21,23-26H,7,10H2,1-2H3,(H,27,28);/q;+1/p-1/t17-,18+,19+,20-,21+;/m1./s1. The van der Waals surface area contributed by atoms with Gasteiger partial charge in [0.2, 0.25) is 0 Å². The molecule has 1 aliphatic heterocycles. The molecule has 1 aliphatic rings. The summed E-state index contributed by atoms with van der Waals surface area (Å²) in [5.74, 6) is -0.603. The third-order valence-electron chi connectivity index (χ3n) is 5.45. The van der Waals surface area contributed by atoms with E-state index in [1.54, 1.807) is 30.3 Å². The van der Waals surface area contributed by atoms with Crippen LogP contribution in [0.5, 0.6) is 11.5 Å².